The van der Waals surface area contributed by atoms with E-state index in [1.54, 1.807) is 41.5 Å². The Bertz CT molecular complexity index is 196. The van der Waals surface area contributed by atoms with Crippen LogP contribution in [0.4, 0.5) is 0 Å². The van der Waals surface area contributed by atoms with Gasteiger partial charge in [0.2, 0.25) is 0 Å². The van der Waals surface area contributed by atoms with Gasteiger partial charge in [-0.15, -0.1) is 0 Å². The average Bonchev–Trinajstić information content (AvgIpc) is 2.47. The van der Waals surface area contributed by atoms with E-state index in [1.165, 1.54) is 38.5 Å². The van der Waals surface area contributed by atoms with Crippen molar-refractivity contribution in [2.75, 3.05) is 0 Å². The molecule has 0 rings (SSSR count). The van der Waals surface area contributed by atoms with Crippen LogP contribution in [-0.4, -0.2) is 46.7 Å². The van der Waals surface area contributed by atoms with Gasteiger partial charge < -0.3 is 20.1 Å². The average molecular weight is 488 g/mol. The zero-order valence-corrected chi connectivity index (χ0v) is 23.3. The number of unbranched alkanes of at least 4 members (excludes halogenated alkanes) is 3. The second kappa shape index (κ2) is 29.1. The molecule has 0 aliphatic heterocycles. The first kappa shape index (κ1) is 38.5. The molecule has 4 nitrogen and oxygen atoms in total. The molecule has 0 aromatic rings. The summed E-state index contributed by atoms with van der Waals surface area (Å²) < 4.78 is 0. The summed E-state index contributed by atoms with van der Waals surface area (Å²) in [7, 11) is -1.81. The maximum Gasteiger partial charge on any atom is 0.188 e. The fraction of sp³-hybridized carbons (Fsp3) is 1.00. The molecule has 0 unspecified atom stereocenters. The molecule has 0 aromatic carbocycles. The van der Waals surface area contributed by atoms with E-state index in [9.17, 15) is 4.80 Å². The van der Waals surface area contributed by atoms with Gasteiger partial charge in [-0.3, -0.25) is 0 Å². The maximum atomic E-state index is 10.5. The van der Waals surface area contributed by atoms with Gasteiger partial charge in [0.05, 0.1) is 0 Å². The van der Waals surface area contributed by atoms with Crippen LogP contribution in [0.5, 0.6) is 0 Å². The molecule has 0 heterocycles. The fourth-order valence-electron chi connectivity index (χ4n) is 1.89. The minimum Gasteiger partial charge on any atom is -0.432 e. The molecule has 0 saturated carbocycles. The van der Waals surface area contributed by atoms with E-state index in [0.29, 0.717) is 0 Å². The first-order chi connectivity index (χ1) is 11.9. The van der Waals surface area contributed by atoms with Crippen molar-refractivity contribution in [2.24, 2.45) is 0 Å². The van der Waals surface area contributed by atoms with E-state index in [1.807, 2.05) is 0 Å². The summed E-state index contributed by atoms with van der Waals surface area (Å²) in [6.07, 6.45) is 6.89. The van der Waals surface area contributed by atoms with Crippen LogP contribution in [-0.2, 0) is 26.2 Å². The second-order valence-electron chi connectivity index (χ2n) is 7.82. The molecular formula is C21H52O4SiZr. The molecule has 0 saturated heterocycles. The number of aliphatic hydroxyl groups excluding tert-OH is 3. The Morgan fingerprint density at radius 1 is 0.556 bits per heavy atom. The quantitative estimate of drug-likeness (QED) is 0.324. The van der Waals surface area contributed by atoms with E-state index < -0.39 is 8.32 Å². The van der Waals surface area contributed by atoms with E-state index in [0.717, 1.165) is 18.1 Å². The van der Waals surface area contributed by atoms with E-state index in [2.05, 4.69) is 20.8 Å². The Balaban J connectivity index is -0.000000102. The second-order valence-corrected chi connectivity index (χ2v) is 11.8. The number of hydrogen-bond donors (Lipinski definition) is 4. The van der Waals surface area contributed by atoms with Crippen LogP contribution in [0.25, 0.3) is 0 Å². The number of rotatable bonds is 9. The van der Waals surface area contributed by atoms with Crippen molar-refractivity contribution in [1.82, 2.24) is 0 Å². The van der Waals surface area contributed by atoms with Gasteiger partial charge >= 0.3 is 0 Å². The van der Waals surface area contributed by atoms with Gasteiger partial charge in [0.1, 0.15) is 0 Å². The normalized spacial score (nSPS) is 10.2. The van der Waals surface area contributed by atoms with Gasteiger partial charge in [0, 0.05) is 44.5 Å². The molecule has 0 spiro atoms. The minimum atomic E-state index is -1.81. The molecule has 0 aromatic heterocycles. The molecule has 0 aliphatic rings. The maximum absolute atomic E-state index is 10.5. The molecule has 0 bridgehead atoms. The Hall–Kier alpha value is 0.940. The molecule has 0 radical (unpaired) electrons. The Morgan fingerprint density at radius 3 is 0.815 bits per heavy atom. The summed E-state index contributed by atoms with van der Waals surface area (Å²) in [5.41, 5.74) is 0. The zero-order valence-electron chi connectivity index (χ0n) is 19.9. The molecule has 0 aliphatic carbocycles. The van der Waals surface area contributed by atoms with Crippen LogP contribution in [0, 0.1) is 0 Å². The Labute approximate surface area is 191 Å². The fourth-order valence-corrected chi connectivity index (χ4v) is 5.68. The van der Waals surface area contributed by atoms with Crippen LogP contribution in [0.15, 0.2) is 0 Å². The summed E-state index contributed by atoms with van der Waals surface area (Å²) in [6.45, 7) is 17.0. The van der Waals surface area contributed by atoms with Gasteiger partial charge in [-0.05, 0) is 59.7 Å². The Kier molecular flexibility index (Phi) is 41.6. The zero-order chi connectivity index (χ0) is 21.6. The van der Waals surface area contributed by atoms with Crippen molar-refractivity contribution in [3.8, 4) is 0 Å². The molecule has 0 fully saturated rings. The molecule has 27 heavy (non-hydrogen) atoms. The molecule has 0 atom stereocenters. The molecule has 168 valence electrons. The molecule has 6 heteroatoms. The summed E-state index contributed by atoms with van der Waals surface area (Å²) in [5.74, 6) is 0. The third-order valence-corrected chi connectivity index (χ3v) is 6.84. The van der Waals surface area contributed by atoms with Crippen molar-refractivity contribution in [3.05, 3.63) is 0 Å². The smallest absolute Gasteiger partial charge is 0.188 e. The van der Waals surface area contributed by atoms with Gasteiger partial charge in [-0.2, -0.15) is 0 Å². The van der Waals surface area contributed by atoms with Crippen LogP contribution >= 0.6 is 0 Å². The van der Waals surface area contributed by atoms with E-state index in [4.69, 9.17) is 15.3 Å². The number of hydrogen-bond acceptors (Lipinski definition) is 4. The van der Waals surface area contributed by atoms with E-state index >= 15 is 0 Å². The van der Waals surface area contributed by atoms with Crippen molar-refractivity contribution in [1.29, 1.82) is 0 Å². The number of aliphatic hydroxyl groups is 3. The largest absolute Gasteiger partial charge is 0.432 e. The molecular weight excluding hydrogens is 436 g/mol. The predicted molar refractivity (Wildman–Crippen MR) is 119 cm³/mol. The standard InChI is InChI=1S/C12H28OSi.3C3H8O.Zr/c1-4-7-10-14(13,11-8-5-2)12-9-6-3;3*1-3(2)4;/h13H,4-12H2,1-3H3;3*3-4H,1-2H3;. The third kappa shape index (κ3) is 65.9. The first-order valence-corrected chi connectivity index (χ1v) is 13.2. The van der Waals surface area contributed by atoms with Crippen molar-refractivity contribution < 1.29 is 46.3 Å². The van der Waals surface area contributed by atoms with Crippen molar-refractivity contribution in [3.63, 3.8) is 0 Å². The summed E-state index contributed by atoms with van der Waals surface area (Å²) in [5, 5.41) is 24.2. The van der Waals surface area contributed by atoms with Crippen LogP contribution in [0.2, 0.25) is 18.1 Å². The van der Waals surface area contributed by atoms with Crippen LogP contribution in [0.1, 0.15) is 101 Å². The Morgan fingerprint density at radius 2 is 0.704 bits per heavy atom. The monoisotopic (exact) mass is 486 g/mol. The summed E-state index contributed by atoms with van der Waals surface area (Å²) in [4.78, 5) is 10.5. The third-order valence-electron chi connectivity index (χ3n) is 2.99. The first-order valence-electron chi connectivity index (χ1n) is 10.6. The van der Waals surface area contributed by atoms with Crippen LogP contribution < -0.4 is 0 Å². The van der Waals surface area contributed by atoms with E-state index in [-0.39, 0.29) is 44.5 Å². The van der Waals surface area contributed by atoms with Gasteiger partial charge in [-0.25, -0.2) is 0 Å². The summed E-state index contributed by atoms with van der Waals surface area (Å²) in [6, 6.07) is 3.43. The van der Waals surface area contributed by atoms with Gasteiger partial charge in [-0.1, -0.05) is 59.3 Å². The van der Waals surface area contributed by atoms with Gasteiger partial charge in [0.15, 0.2) is 8.32 Å². The van der Waals surface area contributed by atoms with Crippen molar-refractivity contribution in [2.45, 2.75) is 137 Å². The molecule has 4 N–H and O–H groups in total. The molecule has 0 amide bonds. The SMILES string of the molecule is CC(C)O.CC(C)O.CC(C)O.CCCC[Si](O)(CCCC)CCCC.[Zr]. The topological polar surface area (TPSA) is 80.9 Å². The summed E-state index contributed by atoms with van der Waals surface area (Å²) >= 11 is 0. The minimum absolute atomic E-state index is 0. The van der Waals surface area contributed by atoms with Gasteiger partial charge in [0.25, 0.3) is 0 Å². The van der Waals surface area contributed by atoms with Crippen molar-refractivity contribution >= 4 is 8.32 Å². The predicted octanol–water partition coefficient (Wildman–Crippen LogP) is 5.48. The van der Waals surface area contributed by atoms with Crippen LogP contribution in [0.3, 0.4) is 0 Å².